The molecule has 1 fully saturated rings. The van der Waals surface area contributed by atoms with Crippen molar-refractivity contribution in [3.05, 3.63) is 29.8 Å². The maximum absolute atomic E-state index is 11.9. The lowest BCUT2D eigenvalue weighted by Crippen LogP contribution is -2.41. The molecule has 1 amide bonds. The molecular formula is C16H24N4O2. The molecule has 0 unspecified atom stereocenters. The quantitative estimate of drug-likeness (QED) is 0.345. The largest absolute Gasteiger partial charge is 0.508 e. The van der Waals surface area contributed by atoms with Crippen molar-refractivity contribution in [1.82, 2.24) is 16.0 Å². The predicted molar refractivity (Wildman–Crippen MR) is 87.1 cm³/mol. The van der Waals surface area contributed by atoms with E-state index in [0.717, 1.165) is 25.0 Å². The Morgan fingerprint density at radius 1 is 1.18 bits per heavy atom. The fourth-order valence-electron chi connectivity index (χ4n) is 1.93. The van der Waals surface area contributed by atoms with E-state index in [1.807, 2.05) is 6.92 Å². The van der Waals surface area contributed by atoms with Crippen molar-refractivity contribution < 1.29 is 9.90 Å². The first-order valence-corrected chi connectivity index (χ1v) is 7.78. The van der Waals surface area contributed by atoms with Crippen molar-refractivity contribution in [3.63, 3.8) is 0 Å². The third kappa shape index (κ3) is 5.63. The molecule has 0 spiro atoms. The summed E-state index contributed by atoms with van der Waals surface area (Å²) in [6.45, 7) is 4.83. The summed E-state index contributed by atoms with van der Waals surface area (Å²) < 4.78 is 0. The lowest BCUT2D eigenvalue weighted by atomic mass is 10.2. The molecule has 0 radical (unpaired) electrons. The normalized spacial score (nSPS) is 14.5. The SMILES string of the molecule is CCNC(=NCC1CC1)NCCNC(=O)c1ccc(O)cc1. The van der Waals surface area contributed by atoms with Crippen LogP contribution in [0.3, 0.4) is 0 Å². The van der Waals surface area contributed by atoms with Crippen LogP contribution in [-0.4, -0.2) is 43.2 Å². The van der Waals surface area contributed by atoms with Crippen molar-refractivity contribution in [1.29, 1.82) is 0 Å². The van der Waals surface area contributed by atoms with Crippen molar-refractivity contribution >= 4 is 11.9 Å². The molecule has 6 heteroatoms. The molecule has 2 rings (SSSR count). The van der Waals surface area contributed by atoms with Crippen LogP contribution in [0, 0.1) is 5.92 Å². The van der Waals surface area contributed by atoms with Gasteiger partial charge >= 0.3 is 0 Å². The Bertz CT molecular complexity index is 509. The van der Waals surface area contributed by atoms with E-state index in [-0.39, 0.29) is 11.7 Å². The molecule has 0 atom stereocenters. The second kappa shape index (κ2) is 8.26. The Hall–Kier alpha value is -2.24. The molecule has 1 aromatic rings. The number of aliphatic imine (C=N–C) groups is 1. The number of phenols is 1. The maximum atomic E-state index is 11.9. The van der Waals surface area contributed by atoms with Gasteiger partial charge < -0.3 is 21.1 Å². The molecule has 0 saturated heterocycles. The van der Waals surface area contributed by atoms with Gasteiger partial charge in [-0.2, -0.15) is 0 Å². The number of aromatic hydroxyl groups is 1. The number of hydrogen-bond acceptors (Lipinski definition) is 3. The van der Waals surface area contributed by atoms with E-state index in [4.69, 9.17) is 0 Å². The van der Waals surface area contributed by atoms with E-state index in [1.165, 1.54) is 25.0 Å². The number of rotatable bonds is 7. The zero-order valence-electron chi connectivity index (χ0n) is 12.9. The average Bonchev–Trinajstić information content (AvgIpc) is 3.33. The minimum absolute atomic E-state index is 0.151. The van der Waals surface area contributed by atoms with Gasteiger partial charge in [0, 0.05) is 31.7 Å². The molecule has 0 bridgehead atoms. The average molecular weight is 304 g/mol. The third-order valence-corrected chi connectivity index (χ3v) is 3.38. The molecule has 0 heterocycles. The number of amides is 1. The summed E-state index contributed by atoms with van der Waals surface area (Å²) in [7, 11) is 0. The topological polar surface area (TPSA) is 85.8 Å². The van der Waals surface area contributed by atoms with Crippen LogP contribution in [0.2, 0.25) is 0 Å². The minimum Gasteiger partial charge on any atom is -0.508 e. The fraction of sp³-hybridized carbons (Fsp3) is 0.500. The molecule has 1 aliphatic carbocycles. The van der Waals surface area contributed by atoms with Crippen LogP contribution in [0.25, 0.3) is 0 Å². The Morgan fingerprint density at radius 3 is 2.50 bits per heavy atom. The Morgan fingerprint density at radius 2 is 1.86 bits per heavy atom. The van der Waals surface area contributed by atoms with Crippen LogP contribution < -0.4 is 16.0 Å². The maximum Gasteiger partial charge on any atom is 0.251 e. The molecule has 6 nitrogen and oxygen atoms in total. The molecule has 4 N–H and O–H groups in total. The van der Waals surface area contributed by atoms with Crippen LogP contribution in [-0.2, 0) is 0 Å². The van der Waals surface area contributed by atoms with Crippen molar-refractivity contribution in [3.8, 4) is 5.75 Å². The van der Waals surface area contributed by atoms with Gasteiger partial charge in [-0.1, -0.05) is 0 Å². The summed E-state index contributed by atoms with van der Waals surface area (Å²) in [5, 5.41) is 18.4. The number of hydrogen-bond donors (Lipinski definition) is 4. The molecule has 0 aliphatic heterocycles. The molecule has 1 saturated carbocycles. The number of carbonyl (C=O) groups is 1. The first-order chi connectivity index (χ1) is 10.7. The molecule has 1 aliphatic rings. The van der Waals surface area contributed by atoms with Gasteiger partial charge in [0.2, 0.25) is 0 Å². The van der Waals surface area contributed by atoms with Gasteiger partial charge in [-0.15, -0.1) is 0 Å². The molecule has 120 valence electrons. The van der Waals surface area contributed by atoms with Gasteiger partial charge in [-0.25, -0.2) is 0 Å². The fourth-order valence-corrected chi connectivity index (χ4v) is 1.93. The van der Waals surface area contributed by atoms with Gasteiger partial charge in [0.15, 0.2) is 5.96 Å². The van der Waals surface area contributed by atoms with E-state index in [0.29, 0.717) is 18.7 Å². The Kier molecular flexibility index (Phi) is 6.06. The lowest BCUT2D eigenvalue weighted by Gasteiger charge is -2.11. The summed E-state index contributed by atoms with van der Waals surface area (Å²) in [5.74, 6) is 1.56. The highest BCUT2D eigenvalue weighted by Crippen LogP contribution is 2.28. The number of guanidine groups is 1. The highest BCUT2D eigenvalue weighted by atomic mass is 16.3. The zero-order chi connectivity index (χ0) is 15.8. The van der Waals surface area contributed by atoms with E-state index >= 15 is 0 Å². The first kappa shape index (κ1) is 16.1. The van der Waals surface area contributed by atoms with E-state index in [1.54, 1.807) is 12.1 Å². The lowest BCUT2D eigenvalue weighted by molar-refractivity contribution is 0.0954. The second-order valence-electron chi connectivity index (χ2n) is 5.39. The summed E-state index contributed by atoms with van der Waals surface area (Å²) in [5.41, 5.74) is 0.534. The van der Waals surface area contributed by atoms with Gasteiger partial charge in [0.1, 0.15) is 5.75 Å². The smallest absolute Gasteiger partial charge is 0.251 e. The van der Waals surface area contributed by atoms with Crippen molar-refractivity contribution in [2.24, 2.45) is 10.9 Å². The van der Waals surface area contributed by atoms with Crippen molar-refractivity contribution in [2.75, 3.05) is 26.2 Å². The number of carbonyl (C=O) groups excluding carboxylic acids is 1. The Balaban J connectivity index is 1.69. The van der Waals surface area contributed by atoms with E-state index < -0.39 is 0 Å². The van der Waals surface area contributed by atoms with E-state index in [2.05, 4.69) is 20.9 Å². The summed E-state index contributed by atoms with van der Waals surface area (Å²) in [4.78, 5) is 16.4. The van der Waals surface area contributed by atoms with E-state index in [9.17, 15) is 9.90 Å². The summed E-state index contributed by atoms with van der Waals surface area (Å²) in [6.07, 6.45) is 2.57. The highest BCUT2D eigenvalue weighted by Gasteiger charge is 2.20. The van der Waals surface area contributed by atoms with Crippen LogP contribution in [0.1, 0.15) is 30.1 Å². The number of nitrogens with zero attached hydrogens (tertiary/aromatic N) is 1. The minimum atomic E-state index is -0.151. The van der Waals surface area contributed by atoms with Gasteiger partial charge in [0.25, 0.3) is 5.91 Å². The Labute approximate surface area is 131 Å². The molecule has 22 heavy (non-hydrogen) atoms. The highest BCUT2D eigenvalue weighted by molar-refractivity contribution is 5.94. The zero-order valence-corrected chi connectivity index (χ0v) is 12.9. The monoisotopic (exact) mass is 304 g/mol. The summed E-state index contributed by atoms with van der Waals surface area (Å²) in [6, 6.07) is 6.19. The number of nitrogens with one attached hydrogen (secondary N) is 3. The van der Waals surface area contributed by atoms with Crippen molar-refractivity contribution in [2.45, 2.75) is 19.8 Å². The third-order valence-electron chi connectivity index (χ3n) is 3.38. The van der Waals surface area contributed by atoms with Gasteiger partial charge in [-0.3, -0.25) is 9.79 Å². The number of phenolic OH excluding ortho intramolecular Hbond substituents is 1. The second-order valence-corrected chi connectivity index (χ2v) is 5.39. The molecule has 0 aromatic heterocycles. The van der Waals surface area contributed by atoms with Crippen LogP contribution >= 0.6 is 0 Å². The predicted octanol–water partition coefficient (Wildman–Crippen LogP) is 1.09. The van der Waals surface area contributed by atoms with Crippen LogP contribution in [0.15, 0.2) is 29.3 Å². The first-order valence-electron chi connectivity index (χ1n) is 7.78. The van der Waals surface area contributed by atoms with Gasteiger partial charge in [0.05, 0.1) is 0 Å². The van der Waals surface area contributed by atoms with Crippen LogP contribution in [0.5, 0.6) is 5.75 Å². The summed E-state index contributed by atoms with van der Waals surface area (Å²) >= 11 is 0. The van der Waals surface area contributed by atoms with Gasteiger partial charge in [-0.05, 0) is 49.9 Å². The molecular weight excluding hydrogens is 280 g/mol. The molecule has 1 aromatic carbocycles. The number of benzene rings is 1. The van der Waals surface area contributed by atoms with Crippen LogP contribution in [0.4, 0.5) is 0 Å². The standard InChI is InChI=1S/C16H24N4O2/c1-2-17-16(20-11-12-3-4-12)19-10-9-18-15(22)13-5-7-14(21)8-6-13/h5-8,12,21H,2-4,9-11H2,1H3,(H,18,22)(H2,17,19,20).